The second-order valence-electron chi connectivity index (χ2n) is 6.77. The van der Waals surface area contributed by atoms with E-state index in [0.717, 1.165) is 13.2 Å². The predicted octanol–water partition coefficient (Wildman–Crippen LogP) is 6.35. The van der Waals surface area contributed by atoms with E-state index in [1.54, 1.807) is 11.8 Å². The molecule has 27 heavy (non-hydrogen) atoms. The number of benzene rings is 2. The van der Waals surface area contributed by atoms with Crippen LogP contribution in [0.2, 0.25) is 0 Å². The third-order valence-corrected chi connectivity index (χ3v) is 7.56. The van der Waals surface area contributed by atoms with Crippen molar-refractivity contribution in [2.75, 3.05) is 33.5 Å². The molecule has 2 aromatic carbocycles. The van der Waals surface area contributed by atoms with Crippen LogP contribution in [0.4, 0.5) is 0 Å². The minimum Gasteiger partial charge on any atom is -0.375 e. The van der Waals surface area contributed by atoms with E-state index in [2.05, 4.69) is 73.8 Å². The van der Waals surface area contributed by atoms with Gasteiger partial charge >= 0.3 is 0 Å². The molecule has 5 heteroatoms. The fraction of sp³-hybridized carbons (Fsp3) is 0.273. The van der Waals surface area contributed by atoms with E-state index >= 15 is 0 Å². The molecule has 3 aromatic rings. The molecule has 0 N–H and O–H groups in total. The highest BCUT2D eigenvalue weighted by Gasteiger charge is 2.22. The quantitative estimate of drug-likeness (QED) is 0.270. The Hall–Kier alpha value is -1.24. The van der Waals surface area contributed by atoms with Gasteiger partial charge in [-0.05, 0) is 56.2 Å². The van der Waals surface area contributed by atoms with Crippen LogP contribution in [-0.4, -0.2) is 38.4 Å². The lowest BCUT2D eigenvalue weighted by Gasteiger charge is -2.09. The van der Waals surface area contributed by atoms with Crippen LogP contribution in [0.1, 0.15) is 4.88 Å². The standard InChI is InChI=1S/C22H23NOS3/c1-23(2)10-11-24-14-16-13-18-17-6-4-5-7-20(17)27-21-9-8-15(25-3)12-19(21)22(18)26-16/h4-9,12-13H,10-11,14H2,1-3H3. The number of nitrogens with zero attached hydrogens (tertiary/aromatic N) is 1. The fourth-order valence-electron chi connectivity index (χ4n) is 3.13. The Morgan fingerprint density at radius 1 is 0.963 bits per heavy atom. The molecular weight excluding hydrogens is 390 g/mol. The van der Waals surface area contributed by atoms with Crippen molar-refractivity contribution in [3.8, 4) is 21.6 Å². The number of fused-ring (bicyclic) bond motifs is 5. The number of thiophene rings is 1. The molecule has 0 saturated carbocycles. The Bertz CT molecular complexity index is 948. The summed E-state index contributed by atoms with van der Waals surface area (Å²) in [6, 6.07) is 17.9. The van der Waals surface area contributed by atoms with Gasteiger partial charge in [0, 0.05) is 42.1 Å². The van der Waals surface area contributed by atoms with Crippen LogP contribution in [0.3, 0.4) is 0 Å². The minimum absolute atomic E-state index is 0.679. The van der Waals surface area contributed by atoms with Crippen LogP contribution in [0.25, 0.3) is 21.6 Å². The zero-order chi connectivity index (χ0) is 18.8. The number of rotatable bonds is 6. The molecule has 0 unspecified atom stereocenters. The largest absolute Gasteiger partial charge is 0.375 e. The molecule has 2 heterocycles. The van der Waals surface area contributed by atoms with Gasteiger partial charge in [0.1, 0.15) is 0 Å². The van der Waals surface area contributed by atoms with Gasteiger partial charge in [-0.15, -0.1) is 23.1 Å². The minimum atomic E-state index is 0.679. The molecule has 0 spiro atoms. The molecule has 0 radical (unpaired) electrons. The highest BCUT2D eigenvalue weighted by molar-refractivity contribution is 7.99. The van der Waals surface area contributed by atoms with Gasteiger partial charge in [0.05, 0.1) is 13.2 Å². The maximum atomic E-state index is 5.92. The van der Waals surface area contributed by atoms with Crippen molar-refractivity contribution in [1.29, 1.82) is 0 Å². The summed E-state index contributed by atoms with van der Waals surface area (Å²) in [6.07, 6.45) is 2.14. The van der Waals surface area contributed by atoms with Crippen molar-refractivity contribution < 1.29 is 4.74 Å². The Morgan fingerprint density at radius 3 is 2.59 bits per heavy atom. The van der Waals surface area contributed by atoms with E-state index in [-0.39, 0.29) is 0 Å². The van der Waals surface area contributed by atoms with E-state index in [4.69, 9.17) is 4.74 Å². The van der Waals surface area contributed by atoms with Crippen LogP contribution in [0.15, 0.2) is 63.2 Å². The molecular formula is C22H23NOS3. The molecule has 1 aromatic heterocycles. The Balaban J connectivity index is 1.74. The van der Waals surface area contributed by atoms with E-state index in [9.17, 15) is 0 Å². The first-order chi connectivity index (χ1) is 13.2. The molecule has 0 fully saturated rings. The SMILES string of the molecule is CSc1ccc2c(c1)-c1sc(COCCN(C)C)cc1-c1ccccc1S2. The summed E-state index contributed by atoms with van der Waals surface area (Å²) in [5.74, 6) is 0. The Morgan fingerprint density at radius 2 is 1.78 bits per heavy atom. The fourth-order valence-corrected chi connectivity index (χ4v) is 5.85. The summed E-state index contributed by atoms with van der Waals surface area (Å²) in [5, 5.41) is 0. The second-order valence-corrected chi connectivity index (χ2v) is 9.87. The topological polar surface area (TPSA) is 12.5 Å². The lowest BCUT2D eigenvalue weighted by atomic mass is 10.0. The zero-order valence-electron chi connectivity index (χ0n) is 15.8. The molecule has 4 rings (SSSR count). The van der Waals surface area contributed by atoms with E-state index in [1.165, 1.54) is 41.1 Å². The molecule has 0 bridgehead atoms. The van der Waals surface area contributed by atoms with Gasteiger partial charge < -0.3 is 9.64 Å². The molecule has 0 saturated heterocycles. The molecule has 1 aliphatic heterocycles. The number of thioether (sulfide) groups is 1. The second kappa shape index (κ2) is 8.41. The average Bonchev–Trinajstić information content (AvgIpc) is 3.04. The number of hydrogen-bond acceptors (Lipinski definition) is 5. The highest BCUT2D eigenvalue weighted by Crippen LogP contribution is 2.51. The maximum Gasteiger partial charge on any atom is 0.0810 e. The summed E-state index contributed by atoms with van der Waals surface area (Å²) >= 11 is 5.55. The van der Waals surface area contributed by atoms with Crippen molar-refractivity contribution >= 4 is 34.9 Å². The molecule has 0 amide bonds. The summed E-state index contributed by atoms with van der Waals surface area (Å²) in [4.78, 5) is 8.78. The molecule has 0 atom stereocenters. The van der Waals surface area contributed by atoms with Crippen molar-refractivity contribution in [2.24, 2.45) is 0 Å². The van der Waals surface area contributed by atoms with Crippen LogP contribution < -0.4 is 0 Å². The first kappa shape index (κ1) is 19.1. The van der Waals surface area contributed by atoms with Crippen LogP contribution in [0, 0.1) is 0 Å². The number of ether oxygens (including phenoxy) is 1. The van der Waals surface area contributed by atoms with Crippen molar-refractivity contribution in [3.63, 3.8) is 0 Å². The van der Waals surface area contributed by atoms with E-state index in [0.29, 0.717) is 6.61 Å². The summed E-state index contributed by atoms with van der Waals surface area (Å²) in [6.45, 7) is 2.39. The van der Waals surface area contributed by atoms with Crippen molar-refractivity contribution in [3.05, 3.63) is 53.4 Å². The highest BCUT2D eigenvalue weighted by atomic mass is 32.2. The molecule has 2 nitrogen and oxygen atoms in total. The van der Waals surface area contributed by atoms with Crippen LogP contribution >= 0.6 is 34.9 Å². The van der Waals surface area contributed by atoms with E-state index in [1.807, 2.05) is 23.1 Å². The van der Waals surface area contributed by atoms with Gasteiger partial charge in [0.15, 0.2) is 0 Å². The van der Waals surface area contributed by atoms with Crippen molar-refractivity contribution in [1.82, 2.24) is 4.90 Å². The van der Waals surface area contributed by atoms with Gasteiger partial charge in [0.2, 0.25) is 0 Å². The lowest BCUT2D eigenvalue weighted by molar-refractivity contribution is 0.107. The number of hydrogen-bond donors (Lipinski definition) is 0. The van der Waals surface area contributed by atoms with Gasteiger partial charge in [-0.25, -0.2) is 0 Å². The summed E-state index contributed by atoms with van der Waals surface area (Å²) < 4.78 is 5.92. The molecule has 0 aliphatic carbocycles. The predicted molar refractivity (Wildman–Crippen MR) is 119 cm³/mol. The Kier molecular flexibility index (Phi) is 5.95. The smallest absolute Gasteiger partial charge is 0.0810 e. The van der Waals surface area contributed by atoms with Gasteiger partial charge in [-0.2, -0.15) is 0 Å². The van der Waals surface area contributed by atoms with Gasteiger partial charge in [-0.3, -0.25) is 0 Å². The summed E-state index contributed by atoms with van der Waals surface area (Å²) in [7, 11) is 4.15. The van der Waals surface area contributed by atoms with Crippen LogP contribution in [0.5, 0.6) is 0 Å². The maximum absolute atomic E-state index is 5.92. The normalized spacial score (nSPS) is 12.4. The van der Waals surface area contributed by atoms with Gasteiger partial charge in [0.25, 0.3) is 0 Å². The first-order valence-electron chi connectivity index (χ1n) is 8.96. The monoisotopic (exact) mass is 413 g/mol. The van der Waals surface area contributed by atoms with Gasteiger partial charge in [-0.1, -0.05) is 30.0 Å². The lowest BCUT2D eigenvalue weighted by Crippen LogP contribution is -2.17. The zero-order valence-corrected chi connectivity index (χ0v) is 18.3. The third kappa shape index (κ3) is 4.13. The van der Waals surface area contributed by atoms with Crippen molar-refractivity contribution in [2.45, 2.75) is 21.3 Å². The van der Waals surface area contributed by atoms with E-state index < -0.39 is 0 Å². The molecule has 140 valence electrons. The average molecular weight is 414 g/mol. The molecule has 1 aliphatic rings. The third-order valence-electron chi connectivity index (χ3n) is 4.54. The first-order valence-corrected chi connectivity index (χ1v) is 11.8. The Labute approximate surface area is 173 Å². The summed E-state index contributed by atoms with van der Waals surface area (Å²) in [5.41, 5.74) is 4.02. The van der Waals surface area contributed by atoms with Crippen LogP contribution in [-0.2, 0) is 11.3 Å². The number of likely N-dealkylation sites (N-methyl/N-ethyl adjacent to an activating group) is 1.